The average Bonchev–Trinajstić information content (AvgIpc) is 1.85. The van der Waals surface area contributed by atoms with E-state index < -0.39 is 0 Å². The zero-order valence-corrected chi connectivity index (χ0v) is 9.16. The number of hydrogen-bond donors (Lipinski definition) is 0. The molecule has 1 heteroatoms. The molecule has 66 valence electrons. The Morgan fingerprint density at radius 1 is 1.27 bits per heavy atom. The predicted octanol–water partition coefficient (Wildman–Crippen LogP) is 3.32. The monoisotopic (exact) mass is 172 g/mol. The van der Waals surface area contributed by atoms with E-state index in [2.05, 4.69) is 30.0 Å². The molecule has 0 heterocycles. The van der Waals surface area contributed by atoms with E-state index in [1.165, 1.54) is 19.3 Å². The van der Waals surface area contributed by atoms with E-state index in [4.69, 9.17) is 0 Å². The highest BCUT2D eigenvalue weighted by atomic mass is 31.0. The lowest BCUT2D eigenvalue weighted by Crippen LogP contribution is -2.27. The van der Waals surface area contributed by atoms with Gasteiger partial charge < -0.3 is 0 Å². The predicted molar refractivity (Wildman–Crippen MR) is 54.8 cm³/mol. The van der Waals surface area contributed by atoms with Crippen LogP contribution < -0.4 is 0 Å². The molecular weight excluding hydrogens is 151 g/mol. The zero-order valence-electron chi connectivity index (χ0n) is 8.01. The minimum Gasteiger partial charge on any atom is -0.134 e. The first-order chi connectivity index (χ1) is 5.11. The van der Waals surface area contributed by atoms with Gasteiger partial charge in [-0.1, -0.05) is 27.2 Å². The van der Waals surface area contributed by atoms with E-state index in [1.807, 2.05) is 0 Å². The fraction of sp³-hybridized carbons (Fsp3) is 1.00. The summed E-state index contributed by atoms with van der Waals surface area (Å²) in [4.78, 5) is 0. The van der Waals surface area contributed by atoms with Crippen LogP contribution in [0.1, 0.15) is 40.0 Å². The van der Waals surface area contributed by atoms with Gasteiger partial charge in [-0.05, 0) is 36.3 Å². The van der Waals surface area contributed by atoms with E-state index >= 15 is 0 Å². The van der Waals surface area contributed by atoms with Crippen molar-refractivity contribution in [1.29, 1.82) is 0 Å². The molecule has 0 radical (unpaired) electrons. The van der Waals surface area contributed by atoms with E-state index in [-0.39, 0.29) is 0 Å². The maximum absolute atomic E-state index is 3.04. The van der Waals surface area contributed by atoms with Crippen LogP contribution in [0.4, 0.5) is 0 Å². The molecule has 4 unspecified atom stereocenters. The first kappa shape index (κ1) is 9.52. The molecule has 0 aromatic heterocycles. The second-order valence-electron chi connectivity index (χ2n) is 4.49. The summed E-state index contributed by atoms with van der Waals surface area (Å²) in [5, 5.41) is 0. The summed E-state index contributed by atoms with van der Waals surface area (Å²) >= 11 is 0. The molecule has 1 rings (SSSR count). The quantitative estimate of drug-likeness (QED) is 0.532. The van der Waals surface area contributed by atoms with Crippen molar-refractivity contribution in [3.05, 3.63) is 0 Å². The van der Waals surface area contributed by atoms with Crippen molar-refractivity contribution in [2.75, 3.05) is 0 Å². The number of rotatable bonds is 1. The second kappa shape index (κ2) is 3.90. The van der Waals surface area contributed by atoms with Gasteiger partial charge in [-0.25, -0.2) is 0 Å². The molecule has 0 bridgehead atoms. The van der Waals surface area contributed by atoms with Crippen molar-refractivity contribution in [3.63, 3.8) is 0 Å². The average molecular weight is 172 g/mol. The summed E-state index contributed by atoms with van der Waals surface area (Å²) in [6.45, 7) is 7.10. The fourth-order valence-electron chi connectivity index (χ4n) is 2.28. The Morgan fingerprint density at radius 2 is 1.91 bits per heavy atom. The summed E-state index contributed by atoms with van der Waals surface area (Å²) in [5.74, 6) is 2.81. The van der Waals surface area contributed by atoms with E-state index in [1.54, 1.807) is 0 Å². The second-order valence-corrected chi connectivity index (χ2v) is 5.35. The summed E-state index contributed by atoms with van der Waals surface area (Å²) in [6, 6.07) is 0. The van der Waals surface area contributed by atoms with Crippen LogP contribution in [0.25, 0.3) is 0 Å². The summed E-state index contributed by atoms with van der Waals surface area (Å²) in [6.07, 6.45) is 4.33. The van der Waals surface area contributed by atoms with Crippen LogP contribution in [0.5, 0.6) is 0 Å². The van der Waals surface area contributed by atoms with Gasteiger partial charge in [0.25, 0.3) is 0 Å². The van der Waals surface area contributed by atoms with E-state index in [0.29, 0.717) is 0 Å². The summed E-state index contributed by atoms with van der Waals surface area (Å²) in [7, 11) is 3.04. The van der Waals surface area contributed by atoms with Crippen molar-refractivity contribution >= 4 is 9.24 Å². The smallest absolute Gasteiger partial charge is 0.0231 e. The molecule has 4 atom stereocenters. The molecule has 0 aromatic carbocycles. The van der Waals surface area contributed by atoms with Gasteiger partial charge in [-0.3, -0.25) is 0 Å². The van der Waals surface area contributed by atoms with Crippen molar-refractivity contribution in [3.8, 4) is 0 Å². The maximum atomic E-state index is 3.04. The summed E-state index contributed by atoms with van der Waals surface area (Å²) in [5.41, 5.74) is 0.888. The molecular formula is C10H21P. The fourth-order valence-corrected chi connectivity index (χ4v) is 3.38. The van der Waals surface area contributed by atoms with Gasteiger partial charge in [0.2, 0.25) is 0 Å². The Hall–Kier alpha value is 0.430. The molecule has 0 aliphatic heterocycles. The van der Waals surface area contributed by atoms with Gasteiger partial charge in [-0.2, -0.15) is 0 Å². The Morgan fingerprint density at radius 3 is 2.36 bits per heavy atom. The van der Waals surface area contributed by atoms with Crippen molar-refractivity contribution in [2.45, 2.75) is 45.7 Å². The molecule has 0 saturated heterocycles. The van der Waals surface area contributed by atoms with Crippen LogP contribution in [-0.4, -0.2) is 5.66 Å². The molecule has 1 saturated carbocycles. The van der Waals surface area contributed by atoms with Crippen LogP contribution in [0, 0.1) is 17.8 Å². The number of hydrogen-bond acceptors (Lipinski definition) is 0. The normalized spacial score (nSPS) is 39.5. The van der Waals surface area contributed by atoms with Crippen LogP contribution in [0.2, 0.25) is 0 Å². The van der Waals surface area contributed by atoms with Crippen molar-refractivity contribution < 1.29 is 0 Å². The zero-order chi connectivity index (χ0) is 8.43. The van der Waals surface area contributed by atoms with Crippen molar-refractivity contribution in [1.82, 2.24) is 0 Å². The van der Waals surface area contributed by atoms with Gasteiger partial charge in [0.05, 0.1) is 0 Å². The van der Waals surface area contributed by atoms with Crippen molar-refractivity contribution in [2.24, 2.45) is 17.8 Å². The molecule has 11 heavy (non-hydrogen) atoms. The highest BCUT2D eigenvalue weighted by Gasteiger charge is 2.27. The third kappa shape index (κ3) is 2.44. The Labute approximate surface area is 73.3 Å². The third-order valence-electron chi connectivity index (χ3n) is 3.07. The SMILES string of the molecule is CC1CCC(C(C)C)C(P)C1. The molecule has 0 spiro atoms. The maximum Gasteiger partial charge on any atom is -0.0231 e. The topological polar surface area (TPSA) is 0 Å². The molecule has 0 N–H and O–H groups in total. The lowest BCUT2D eigenvalue weighted by Gasteiger charge is -2.34. The Balaban J connectivity index is 2.44. The highest BCUT2D eigenvalue weighted by molar-refractivity contribution is 7.17. The van der Waals surface area contributed by atoms with Gasteiger partial charge in [0, 0.05) is 0 Å². The first-order valence-electron chi connectivity index (χ1n) is 4.87. The van der Waals surface area contributed by atoms with Crippen LogP contribution in [0.3, 0.4) is 0 Å². The molecule has 0 nitrogen and oxygen atoms in total. The molecule has 0 aromatic rings. The van der Waals surface area contributed by atoms with Crippen LogP contribution >= 0.6 is 9.24 Å². The van der Waals surface area contributed by atoms with E-state index in [9.17, 15) is 0 Å². The lowest BCUT2D eigenvalue weighted by atomic mass is 9.77. The Bertz CT molecular complexity index is 120. The van der Waals surface area contributed by atoms with Crippen LogP contribution in [-0.2, 0) is 0 Å². The van der Waals surface area contributed by atoms with Gasteiger partial charge in [-0.15, -0.1) is 9.24 Å². The summed E-state index contributed by atoms with van der Waals surface area (Å²) < 4.78 is 0. The Kier molecular flexibility index (Phi) is 3.37. The highest BCUT2D eigenvalue weighted by Crippen LogP contribution is 2.37. The van der Waals surface area contributed by atoms with Gasteiger partial charge >= 0.3 is 0 Å². The largest absolute Gasteiger partial charge is 0.134 e. The van der Waals surface area contributed by atoms with Gasteiger partial charge in [0.1, 0.15) is 0 Å². The first-order valence-corrected chi connectivity index (χ1v) is 5.53. The third-order valence-corrected chi connectivity index (χ3v) is 3.84. The minimum atomic E-state index is 0.880. The van der Waals surface area contributed by atoms with Crippen LogP contribution in [0.15, 0.2) is 0 Å². The molecule has 0 amide bonds. The lowest BCUT2D eigenvalue weighted by molar-refractivity contribution is 0.244. The molecule has 1 aliphatic carbocycles. The molecule has 1 fully saturated rings. The van der Waals surface area contributed by atoms with Gasteiger partial charge in [0.15, 0.2) is 0 Å². The minimum absolute atomic E-state index is 0.880. The van der Waals surface area contributed by atoms with E-state index in [0.717, 1.165) is 23.4 Å². The standard InChI is InChI=1S/C10H21P/c1-7(2)9-5-4-8(3)6-10(9)11/h7-10H,4-6,11H2,1-3H3. The molecule has 1 aliphatic rings.